The minimum absolute atomic E-state index is 0.243. The fraction of sp³-hybridized carbons (Fsp3) is 0.588. The summed E-state index contributed by atoms with van der Waals surface area (Å²) >= 11 is 0. The van der Waals surface area contributed by atoms with Crippen molar-refractivity contribution in [2.45, 2.75) is 52.6 Å². The van der Waals surface area contributed by atoms with Crippen LogP contribution in [0.3, 0.4) is 0 Å². The van der Waals surface area contributed by atoms with Gasteiger partial charge in [-0.25, -0.2) is 0 Å². The Labute approximate surface area is 123 Å². The van der Waals surface area contributed by atoms with Gasteiger partial charge in [0.2, 0.25) is 0 Å². The maximum atomic E-state index is 8.78. The smallest absolute Gasteiger partial charge is 0.119 e. The first-order valence-electron chi connectivity index (χ1n) is 7.42. The molecule has 20 heavy (non-hydrogen) atoms. The van der Waals surface area contributed by atoms with E-state index in [0.717, 1.165) is 18.8 Å². The van der Waals surface area contributed by atoms with E-state index in [0.29, 0.717) is 12.3 Å². The van der Waals surface area contributed by atoms with Gasteiger partial charge in [-0.2, -0.15) is 5.26 Å². The molecule has 0 fully saturated rings. The monoisotopic (exact) mass is 274 g/mol. The van der Waals surface area contributed by atoms with Crippen molar-refractivity contribution in [3.8, 4) is 11.8 Å². The van der Waals surface area contributed by atoms with Crippen LogP contribution < -0.4 is 10.1 Å². The number of benzene rings is 1. The lowest BCUT2D eigenvalue weighted by Gasteiger charge is -2.21. The molecule has 0 aliphatic carbocycles. The minimum Gasteiger partial charge on any atom is -0.493 e. The van der Waals surface area contributed by atoms with Gasteiger partial charge in [0.15, 0.2) is 0 Å². The van der Waals surface area contributed by atoms with Crippen molar-refractivity contribution in [3.05, 3.63) is 29.8 Å². The number of ether oxygens (including phenoxy) is 1. The Balaban J connectivity index is 2.56. The van der Waals surface area contributed by atoms with Gasteiger partial charge in [-0.1, -0.05) is 32.9 Å². The first-order valence-corrected chi connectivity index (χ1v) is 7.42. The molecule has 1 aromatic rings. The van der Waals surface area contributed by atoms with Crippen LogP contribution >= 0.6 is 0 Å². The van der Waals surface area contributed by atoms with Gasteiger partial charge < -0.3 is 10.1 Å². The normalized spacial score (nSPS) is 13.8. The number of nitrogens with one attached hydrogen (secondary N) is 1. The highest BCUT2D eigenvalue weighted by atomic mass is 16.5. The second kappa shape index (κ2) is 8.60. The van der Waals surface area contributed by atoms with E-state index in [1.54, 1.807) is 0 Å². The zero-order valence-corrected chi connectivity index (χ0v) is 13.0. The maximum absolute atomic E-state index is 8.78. The second-order valence-corrected chi connectivity index (χ2v) is 5.63. The summed E-state index contributed by atoms with van der Waals surface area (Å²) in [5, 5.41) is 12.3. The van der Waals surface area contributed by atoms with E-state index in [1.807, 2.05) is 12.1 Å². The van der Waals surface area contributed by atoms with Gasteiger partial charge in [-0.3, -0.25) is 0 Å². The van der Waals surface area contributed by atoms with E-state index in [1.165, 1.54) is 5.56 Å². The topological polar surface area (TPSA) is 45.0 Å². The molecule has 0 amide bonds. The van der Waals surface area contributed by atoms with Crippen LogP contribution in [0.5, 0.6) is 5.75 Å². The molecule has 2 atom stereocenters. The molecular formula is C17H26N2O. The summed E-state index contributed by atoms with van der Waals surface area (Å²) in [5.74, 6) is 1.45. The standard InChI is InChI=1S/C17H26N2O/c1-5-16(10-11-18)19-14(4)15-6-8-17(9-7-15)20-12-13(2)3/h6-9,13-14,16,19H,5,10,12H2,1-4H3. The fourth-order valence-electron chi connectivity index (χ4n) is 2.00. The summed E-state index contributed by atoms with van der Waals surface area (Å²) in [6.45, 7) is 9.25. The molecule has 0 saturated carbocycles. The highest BCUT2D eigenvalue weighted by Crippen LogP contribution is 2.19. The highest BCUT2D eigenvalue weighted by Gasteiger charge is 2.11. The lowest BCUT2D eigenvalue weighted by Crippen LogP contribution is -2.30. The second-order valence-electron chi connectivity index (χ2n) is 5.63. The summed E-state index contributed by atoms with van der Waals surface area (Å²) in [6, 6.07) is 10.9. The quantitative estimate of drug-likeness (QED) is 0.777. The van der Waals surface area contributed by atoms with Gasteiger partial charge in [0.25, 0.3) is 0 Å². The van der Waals surface area contributed by atoms with E-state index in [4.69, 9.17) is 10.00 Å². The molecule has 2 unspecified atom stereocenters. The first-order chi connectivity index (χ1) is 9.56. The van der Waals surface area contributed by atoms with Crippen molar-refractivity contribution in [3.63, 3.8) is 0 Å². The van der Waals surface area contributed by atoms with Gasteiger partial charge in [0.05, 0.1) is 19.1 Å². The Morgan fingerprint density at radius 2 is 1.85 bits per heavy atom. The Kier molecular flexibility index (Phi) is 7.11. The molecule has 3 heteroatoms. The van der Waals surface area contributed by atoms with Crippen LogP contribution in [0, 0.1) is 17.2 Å². The van der Waals surface area contributed by atoms with Gasteiger partial charge in [0, 0.05) is 12.1 Å². The van der Waals surface area contributed by atoms with Crippen LogP contribution in [0.1, 0.15) is 52.1 Å². The lowest BCUT2D eigenvalue weighted by molar-refractivity contribution is 0.271. The van der Waals surface area contributed by atoms with Gasteiger partial charge in [0.1, 0.15) is 5.75 Å². The third kappa shape index (κ3) is 5.63. The van der Waals surface area contributed by atoms with Crippen molar-refractivity contribution >= 4 is 0 Å². The molecule has 0 aromatic heterocycles. The summed E-state index contributed by atoms with van der Waals surface area (Å²) in [7, 11) is 0. The number of nitriles is 1. The number of nitrogens with zero attached hydrogens (tertiary/aromatic N) is 1. The number of hydrogen-bond acceptors (Lipinski definition) is 3. The predicted molar refractivity (Wildman–Crippen MR) is 82.6 cm³/mol. The molecule has 1 N–H and O–H groups in total. The van der Waals surface area contributed by atoms with E-state index in [2.05, 4.69) is 51.2 Å². The number of hydrogen-bond donors (Lipinski definition) is 1. The SMILES string of the molecule is CCC(CC#N)NC(C)c1ccc(OCC(C)C)cc1. The Hall–Kier alpha value is -1.53. The largest absolute Gasteiger partial charge is 0.493 e. The van der Waals surface area contributed by atoms with Crippen LogP contribution in [-0.4, -0.2) is 12.6 Å². The molecular weight excluding hydrogens is 248 g/mol. The molecule has 0 bridgehead atoms. The van der Waals surface area contributed by atoms with Crippen molar-refractivity contribution in [1.29, 1.82) is 5.26 Å². The third-order valence-corrected chi connectivity index (χ3v) is 3.28. The summed E-state index contributed by atoms with van der Waals surface area (Å²) in [6.07, 6.45) is 1.52. The molecule has 0 aliphatic heterocycles. The van der Waals surface area contributed by atoms with Crippen molar-refractivity contribution in [2.24, 2.45) is 5.92 Å². The van der Waals surface area contributed by atoms with E-state index < -0.39 is 0 Å². The van der Waals surface area contributed by atoms with E-state index in [-0.39, 0.29) is 12.1 Å². The Bertz CT molecular complexity index is 420. The molecule has 0 spiro atoms. The Morgan fingerprint density at radius 3 is 2.35 bits per heavy atom. The summed E-state index contributed by atoms with van der Waals surface area (Å²) in [5.41, 5.74) is 1.22. The maximum Gasteiger partial charge on any atom is 0.119 e. The molecule has 110 valence electrons. The minimum atomic E-state index is 0.243. The Morgan fingerprint density at radius 1 is 1.20 bits per heavy atom. The highest BCUT2D eigenvalue weighted by molar-refractivity contribution is 5.29. The van der Waals surface area contributed by atoms with E-state index in [9.17, 15) is 0 Å². The zero-order valence-electron chi connectivity index (χ0n) is 13.0. The molecule has 1 rings (SSSR count). The first kappa shape index (κ1) is 16.5. The molecule has 0 saturated heterocycles. The van der Waals surface area contributed by atoms with Crippen molar-refractivity contribution < 1.29 is 4.74 Å². The van der Waals surface area contributed by atoms with Crippen LogP contribution in [0.15, 0.2) is 24.3 Å². The molecule has 1 aromatic carbocycles. The summed E-state index contributed by atoms with van der Waals surface area (Å²) in [4.78, 5) is 0. The van der Waals surface area contributed by atoms with Crippen LogP contribution in [0.4, 0.5) is 0 Å². The van der Waals surface area contributed by atoms with Crippen LogP contribution in [0.2, 0.25) is 0 Å². The molecule has 3 nitrogen and oxygen atoms in total. The number of rotatable bonds is 8. The van der Waals surface area contributed by atoms with Crippen LogP contribution in [-0.2, 0) is 0 Å². The lowest BCUT2D eigenvalue weighted by atomic mass is 10.1. The molecule has 0 aliphatic rings. The van der Waals surface area contributed by atoms with Crippen molar-refractivity contribution in [1.82, 2.24) is 5.32 Å². The van der Waals surface area contributed by atoms with E-state index >= 15 is 0 Å². The van der Waals surface area contributed by atoms with Crippen LogP contribution in [0.25, 0.3) is 0 Å². The average molecular weight is 274 g/mol. The molecule has 0 radical (unpaired) electrons. The van der Waals surface area contributed by atoms with Gasteiger partial charge in [-0.05, 0) is 37.0 Å². The van der Waals surface area contributed by atoms with Crippen molar-refractivity contribution in [2.75, 3.05) is 6.61 Å². The van der Waals surface area contributed by atoms with Gasteiger partial charge in [-0.15, -0.1) is 0 Å². The zero-order chi connectivity index (χ0) is 15.0. The third-order valence-electron chi connectivity index (χ3n) is 3.28. The molecule has 0 heterocycles. The average Bonchev–Trinajstić information content (AvgIpc) is 2.45. The predicted octanol–water partition coefficient (Wildman–Crippen LogP) is 4.06. The summed E-state index contributed by atoms with van der Waals surface area (Å²) < 4.78 is 5.68. The van der Waals surface area contributed by atoms with Gasteiger partial charge >= 0.3 is 0 Å². The fourth-order valence-corrected chi connectivity index (χ4v) is 2.00.